The van der Waals surface area contributed by atoms with Gasteiger partial charge in [-0.1, -0.05) is 0 Å². The van der Waals surface area contributed by atoms with E-state index in [-0.39, 0.29) is 0 Å². The molecule has 0 amide bonds. The second-order valence-electron chi connectivity index (χ2n) is 4.40. The van der Waals surface area contributed by atoms with Gasteiger partial charge in [-0.15, -0.1) is 0 Å². The van der Waals surface area contributed by atoms with Crippen LogP contribution in [0.15, 0.2) is 0 Å². The predicted octanol–water partition coefficient (Wildman–Crippen LogP) is 3.74. The van der Waals surface area contributed by atoms with Gasteiger partial charge < -0.3 is 0 Å². The zero-order valence-corrected chi connectivity index (χ0v) is 10.0. The molecule has 0 aromatic rings. The van der Waals surface area contributed by atoms with Gasteiger partial charge in [0.05, 0.1) is 0 Å². The minimum absolute atomic E-state index is 0.784. The zero-order chi connectivity index (χ0) is 9.03. The molecule has 0 N–H and O–H groups in total. The minimum atomic E-state index is -0.784. The van der Waals surface area contributed by atoms with Gasteiger partial charge in [-0.2, -0.15) is 0 Å². The van der Waals surface area contributed by atoms with Crippen LogP contribution in [-0.2, 0) is 0 Å². The van der Waals surface area contributed by atoms with Crippen molar-refractivity contribution in [1.82, 2.24) is 0 Å². The van der Waals surface area contributed by atoms with E-state index in [2.05, 4.69) is 20.8 Å². The first-order valence-electron chi connectivity index (χ1n) is 5.79. The Hall–Kier alpha value is 0.430. The third kappa shape index (κ3) is 1.84. The van der Waals surface area contributed by atoms with Gasteiger partial charge in [-0.05, 0) is 0 Å². The topological polar surface area (TPSA) is 0 Å². The molecule has 0 atom stereocenters. The van der Waals surface area contributed by atoms with Gasteiger partial charge in [-0.3, -0.25) is 0 Å². The molecule has 0 nitrogen and oxygen atoms in total. The Morgan fingerprint density at radius 2 is 1.33 bits per heavy atom. The van der Waals surface area contributed by atoms with Crippen LogP contribution < -0.4 is 0 Å². The van der Waals surface area contributed by atoms with Crippen LogP contribution in [0.4, 0.5) is 0 Å². The van der Waals surface area contributed by atoms with Crippen LogP contribution in [-0.4, -0.2) is 24.1 Å². The van der Waals surface area contributed by atoms with Gasteiger partial charge in [-0.25, -0.2) is 0 Å². The average Bonchev–Trinajstić information content (AvgIpc) is 2.62. The van der Waals surface area contributed by atoms with Gasteiger partial charge in [0.1, 0.15) is 0 Å². The van der Waals surface area contributed by atoms with E-state index in [1.165, 1.54) is 37.0 Å². The van der Waals surface area contributed by atoms with Crippen LogP contribution in [0.2, 0.25) is 0 Å². The van der Waals surface area contributed by atoms with Gasteiger partial charge in [0, 0.05) is 0 Å². The Labute approximate surface area is 78.5 Å². The molecular weight excluding hydrogens is 163 g/mol. The van der Waals surface area contributed by atoms with Gasteiger partial charge >= 0.3 is 77.9 Å². The summed E-state index contributed by atoms with van der Waals surface area (Å²) in [5.41, 5.74) is 1.19. The van der Waals surface area contributed by atoms with E-state index in [0.717, 1.165) is 0 Å². The van der Waals surface area contributed by atoms with E-state index >= 15 is 0 Å². The molecule has 0 bridgehead atoms. The quantitative estimate of drug-likeness (QED) is 0.590. The SMILES string of the molecule is CC[PH](CC)(CC)C1CCCC1. The summed E-state index contributed by atoms with van der Waals surface area (Å²) >= 11 is 0. The predicted molar refractivity (Wildman–Crippen MR) is 62.2 cm³/mol. The third-order valence-electron chi connectivity index (χ3n) is 4.33. The van der Waals surface area contributed by atoms with E-state index in [0.29, 0.717) is 0 Å². The molecule has 0 saturated heterocycles. The van der Waals surface area contributed by atoms with Gasteiger partial charge in [0.15, 0.2) is 0 Å². The normalized spacial score (nSPS) is 21.6. The Balaban J connectivity index is 2.61. The fourth-order valence-electron chi connectivity index (χ4n) is 3.15. The van der Waals surface area contributed by atoms with Gasteiger partial charge in [0.25, 0.3) is 0 Å². The Kier molecular flexibility index (Phi) is 4.03. The molecule has 1 rings (SSSR count). The fraction of sp³-hybridized carbons (Fsp3) is 1.00. The fourth-order valence-corrected chi connectivity index (χ4v) is 8.02. The second kappa shape index (κ2) is 4.61. The molecule has 0 radical (unpaired) electrons. The molecule has 0 aromatic heterocycles. The first-order chi connectivity index (χ1) is 5.79. The molecule has 0 aromatic carbocycles. The summed E-state index contributed by atoms with van der Waals surface area (Å²) in [7, 11) is -0.784. The molecule has 0 heterocycles. The summed E-state index contributed by atoms with van der Waals surface area (Å²) in [6.45, 7) is 7.33. The maximum absolute atomic E-state index is 2.44. The first-order valence-corrected chi connectivity index (χ1v) is 8.49. The summed E-state index contributed by atoms with van der Waals surface area (Å²) in [5.74, 6) is 0. The number of hydrogen-bond donors (Lipinski definition) is 0. The van der Waals surface area contributed by atoms with Crippen molar-refractivity contribution in [3.8, 4) is 0 Å². The molecule has 1 aliphatic rings. The van der Waals surface area contributed by atoms with Crippen molar-refractivity contribution in [1.29, 1.82) is 0 Å². The summed E-state index contributed by atoms with van der Waals surface area (Å²) in [6.07, 6.45) is 10.8. The molecule has 0 spiro atoms. The van der Waals surface area contributed by atoms with Gasteiger partial charge in [0.2, 0.25) is 0 Å². The second-order valence-corrected chi connectivity index (χ2v) is 10.1. The molecule has 1 saturated carbocycles. The van der Waals surface area contributed by atoms with Crippen LogP contribution in [0.5, 0.6) is 0 Å². The van der Waals surface area contributed by atoms with Crippen LogP contribution >= 0.6 is 7.26 Å². The number of hydrogen-bond acceptors (Lipinski definition) is 0. The molecule has 0 aliphatic heterocycles. The molecule has 1 heteroatoms. The molecule has 12 heavy (non-hydrogen) atoms. The molecule has 0 unspecified atom stereocenters. The summed E-state index contributed by atoms with van der Waals surface area (Å²) < 4.78 is 0. The van der Waals surface area contributed by atoms with Crippen molar-refractivity contribution in [3.05, 3.63) is 0 Å². The van der Waals surface area contributed by atoms with Crippen molar-refractivity contribution < 1.29 is 0 Å². The van der Waals surface area contributed by atoms with Crippen molar-refractivity contribution in [2.45, 2.75) is 52.1 Å². The van der Waals surface area contributed by atoms with Crippen molar-refractivity contribution in [2.24, 2.45) is 0 Å². The van der Waals surface area contributed by atoms with E-state index < -0.39 is 7.26 Å². The monoisotopic (exact) mass is 188 g/mol. The maximum atomic E-state index is 2.44. The summed E-state index contributed by atoms with van der Waals surface area (Å²) in [6, 6.07) is 0. The molecule has 74 valence electrons. The Bertz CT molecular complexity index is 113. The first kappa shape index (κ1) is 10.5. The van der Waals surface area contributed by atoms with Crippen LogP contribution in [0.1, 0.15) is 46.5 Å². The van der Waals surface area contributed by atoms with E-state index in [1.807, 2.05) is 0 Å². The average molecular weight is 188 g/mol. The summed E-state index contributed by atoms with van der Waals surface area (Å²) in [5, 5.41) is 0. The number of rotatable bonds is 4. The Morgan fingerprint density at radius 3 is 1.67 bits per heavy atom. The van der Waals surface area contributed by atoms with Crippen molar-refractivity contribution in [3.63, 3.8) is 0 Å². The van der Waals surface area contributed by atoms with E-state index in [9.17, 15) is 0 Å². The van der Waals surface area contributed by atoms with Crippen LogP contribution in [0.3, 0.4) is 0 Å². The van der Waals surface area contributed by atoms with E-state index in [1.54, 1.807) is 12.8 Å². The molecule has 1 aliphatic carbocycles. The zero-order valence-electron chi connectivity index (χ0n) is 9.03. The molecular formula is C11H25P. The Morgan fingerprint density at radius 1 is 0.917 bits per heavy atom. The van der Waals surface area contributed by atoms with E-state index in [4.69, 9.17) is 0 Å². The van der Waals surface area contributed by atoms with Crippen molar-refractivity contribution >= 4 is 7.26 Å². The third-order valence-corrected chi connectivity index (χ3v) is 10.9. The van der Waals surface area contributed by atoms with Crippen LogP contribution in [0, 0.1) is 0 Å². The van der Waals surface area contributed by atoms with Crippen LogP contribution in [0.25, 0.3) is 0 Å². The molecule has 1 fully saturated rings. The van der Waals surface area contributed by atoms with Crippen molar-refractivity contribution in [2.75, 3.05) is 18.5 Å². The standard InChI is InChI=1S/C11H25P/c1-4-12(5-2,6-3)11-9-7-8-10-11/h11-12H,4-10H2,1-3H3. The summed E-state index contributed by atoms with van der Waals surface area (Å²) in [4.78, 5) is 0.